The van der Waals surface area contributed by atoms with E-state index < -0.39 is 0 Å². The lowest BCUT2D eigenvalue weighted by Gasteiger charge is -2.29. The molecule has 2 atom stereocenters. The van der Waals surface area contributed by atoms with Crippen molar-refractivity contribution in [3.63, 3.8) is 0 Å². The Balaban J connectivity index is 1.67. The molecule has 1 aromatic heterocycles. The first-order valence-electron chi connectivity index (χ1n) is 9.24. The maximum Gasteiger partial charge on any atom is 0.264 e. The van der Waals surface area contributed by atoms with Crippen LogP contribution in [0.15, 0.2) is 35.1 Å². The highest BCUT2D eigenvalue weighted by molar-refractivity contribution is 5.97. The SMILES string of the molecule is CC(C)n1c(=O)c(C(=O)NC2CC3CCC(C2)N3)cc2ccccc21. The molecule has 1 aromatic carbocycles. The van der Waals surface area contributed by atoms with Crippen molar-refractivity contribution < 1.29 is 4.79 Å². The molecular weight excluding hydrogens is 314 g/mol. The molecule has 2 saturated heterocycles. The van der Waals surface area contributed by atoms with Crippen molar-refractivity contribution in [1.29, 1.82) is 0 Å². The van der Waals surface area contributed by atoms with Gasteiger partial charge in [0.05, 0.1) is 5.52 Å². The number of piperidine rings is 1. The minimum absolute atomic E-state index is 0.000116. The van der Waals surface area contributed by atoms with E-state index in [2.05, 4.69) is 10.6 Å². The Morgan fingerprint density at radius 2 is 1.88 bits per heavy atom. The van der Waals surface area contributed by atoms with Crippen molar-refractivity contribution in [2.75, 3.05) is 0 Å². The van der Waals surface area contributed by atoms with E-state index in [0.717, 1.165) is 23.7 Å². The van der Waals surface area contributed by atoms with E-state index in [4.69, 9.17) is 0 Å². The second kappa shape index (κ2) is 6.30. The summed E-state index contributed by atoms with van der Waals surface area (Å²) in [5.41, 5.74) is 0.917. The number of nitrogens with one attached hydrogen (secondary N) is 2. The number of amides is 1. The summed E-state index contributed by atoms with van der Waals surface area (Å²) in [4.78, 5) is 25.8. The van der Waals surface area contributed by atoms with Crippen molar-refractivity contribution in [1.82, 2.24) is 15.2 Å². The van der Waals surface area contributed by atoms with Gasteiger partial charge >= 0.3 is 0 Å². The highest BCUT2D eigenvalue weighted by atomic mass is 16.2. The molecule has 1 amide bonds. The number of rotatable bonds is 3. The van der Waals surface area contributed by atoms with Crippen LogP contribution < -0.4 is 16.2 Å². The molecule has 2 aliphatic heterocycles. The number of hydrogen-bond donors (Lipinski definition) is 2. The topological polar surface area (TPSA) is 63.1 Å². The Morgan fingerprint density at radius 1 is 1.20 bits per heavy atom. The van der Waals surface area contributed by atoms with Gasteiger partial charge in [-0.25, -0.2) is 0 Å². The molecule has 3 heterocycles. The molecule has 4 rings (SSSR count). The van der Waals surface area contributed by atoms with Crippen LogP contribution in [0.2, 0.25) is 0 Å². The van der Waals surface area contributed by atoms with Gasteiger partial charge in [0.15, 0.2) is 0 Å². The fourth-order valence-electron chi connectivity index (χ4n) is 4.40. The summed E-state index contributed by atoms with van der Waals surface area (Å²) in [6.07, 6.45) is 4.28. The third kappa shape index (κ3) is 2.97. The van der Waals surface area contributed by atoms with Crippen molar-refractivity contribution in [3.05, 3.63) is 46.2 Å². The van der Waals surface area contributed by atoms with Gasteiger partial charge in [0.25, 0.3) is 11.5 Å². The number of benzene rings is 1. The lowest BCUT2D eigenvalue weighted by Crippen LogP contribution is -2.48. The Labute approximate surface area is 147 Å². The van der Waals surface area contributed by atoms with Gasteiger partial charge in [-0.3, -0.25) is 9.59 Å². The molecule has 2 aliphatic rings. The van der Waals surface area contributed by atoms with Gasteiger partial charge in [-0.05, 0) is 57.0 Å². The molecule has 2 aromatic rings. The number of para-hydroxylation sites is 1. The zero-order valence-electron chi connectivity index (χ0n) is 14.8. The van der Waals surface area contributed by atoms with Crippen LogP contribution in [-0.2, 0) is 0 Å². The van der Waals surface area contributed by atoms with E-state index in [0.29, 0.717) is 12.1 Å². The molecule has 132 valence electrons. The van der Waals surface area contributed by atoms with E-state index in [-0.39, 0.29) is 29.1 Å². The number of aromatic nitrogens is 1. The minimum atomic E-state index is -0.239. The zero-order valence-corrected chi connectivity index (χ0v) is 14.8. The fourth-order valence-corrected chi connectivity index (χ4v) is 4.40. The van der Waals surface area contributed by atoms with E-state index in [9.17, 15) is 9.59 Å². The Hall–Kier alpha value is -2.14. The predicted molar refractivity (Wildman–Crippen MR) is 99.0 cm³/mol. The predicted octanol–water partition coefficient (Wildman–Crippen LogP) is 2.60. The van der Waals surface area contributed by atoms with Gasteiger partial charge in [0, 0.05) is 24.2 Å². The summed E-state index contributed by atoms with van der Waals surface area (Å²) < 4.78 is 1.72. The number of carbonyl (C=O) groups is 1. The molecular formula is C20H25N3O2. The molecule has 2 fully saturated rings. The summed E-state index contributed by atoms with van der Waals surface area (Å²) in [5.74, 6) is -0.239. The van der Waals surface area contributed by atoms with Crippen LogP contribution in [0.3, 0.4) is 0 Å². The quantitative estimate of drug-likeness (QED) is 0.903. The maximum absolute atomic E-state index is 12.9. The highest BCUT2D eigenvalue weighted by Crippen LogP contribution is 2.27. The summed E-state index contributed by atoms with van der Waals surface area (Å²) in [7, 11) is 0. The van der Waals surface area contributed by atoms with Crippen LogP contribution in [0.4, 0.5) is 0 Å². The van der Waals surface area contributed by atoms with Crippen molar-refractivity contribution in [2.45, 2.75) is 63.7 Å². The van der Waals surface area contributed by atoms with Gasteiger partial charge in [-0.15, -0.1) is 0 Å². The lowest BCUT2D eigenvalue weighted by atomic mass is 9.99. The molecule has 0 radical (unpaired) electrons. The molecule has 25 heavy (non-hydrogen) atoms. The van der Waals surface area contributed by atoms with Gasteiger partial charge in [-0.1, -0.05) is 18.2 Å². The first-order chi connectivity index (χ1) is 12.0. The summed E-state index contributed by atoms with van der Waals surface area (Å²) >= 11 is 0. The first kappa shape index (κ1) is 16.3. The summed E-state index contributed by atoms with van der Waals surface area (Å²) in [6, 6.07) is 10.7. The number of nitrogens with zero attached hydrogens (tertiary/aromatic N) is 1. The molecule has 0 saturated carbocycles. The van der Waals surface area contributed by atoms with E-state index in [1.807, 2.05) is 38.1 Å². The van der Waals surface area contributed by atoms with Gasteiger partial charge in [0.1, 0.15) is 5.56 Å². The lowest BCUT2D eigenvalue weighted by molar-refractivity contribution is 0.0922. The molecule has 0 spiro atoms. The molecule has 2 N–H and O–H groups in total. The molecule has 0 aliphatic carbocycles. The molecule has 2 unspecified atom stereocenters. The maximum atomic E-state index is 12.9. The second-order valence-electron chi connectivity index (χ2n) is 7.67. The Kier molecular flexibility index (Phi) is 4.12. The summed E-state index contributed by atoms with van der Waals surface area (Å²) in [6.45, 7) is 3.94. The number of pyridine rings is 1. The van der Waals surface area contributed by atoms with Gasteiger partial charge in [0.2, 0.25) is 0 Å². The van der Waals surface area contributed by atoms with Gasteiger partial charge in [-0.2, -0.15) is 0 Å². The van der Waals surface area contributed by atoms with Crippen molar-refractivity contribution in [3.8, 4) is 0 Å². The van der Waals surface area contributed by atoms with Crippen molar-refractivity contribution in [2.24, 2.45) is 0 Å². The molecule has 5 heteroatoms. The van der Waals surface area contributed by atoms with E-state index in [1.165, 1.54) is 12.8 Å². The average molecular weight is 339 g/mol. The standard InChI is InChI=1S/C20H25N3O2/c1-12(2)23-18-6-4-3-5-13(18)9-17(20(23)25)19(24)22-16-10-14-7-8-15(11-16)21-14/h3-6,9,12,14-16,21H,7-8,10-11H2,1-2H3,(H,22,24). The molecule has 2 bridgehead atoms. The average Bonchev–Trinajstić information content (AvgIpc) is 2.92. The minimum Gasteiger partial charge on any atom is -0.349 e. The Morgan fingerprint density at radius 3 is 2.56 bits per heavy atom. The van der Waals surface area contributed by atoms with E-state index >= 15 is 0 Å². The Bertz CT molecular complexity index is 859. The van der Waals surface area contributed by atoms with Crippen LogP contribution in [0.25, 0.3) is 10.9 Å². The third-order valence-corrected chi connectivity index (χ3v) is 5.51. The van der Waals surface area contributed by atoms with Crippen LogP contribution in [-0.4, -0.2) is 28.6 Å². The van der Waals surface area contributed by atoms with E-state index in [1.54, 1.807) is 10.6 Å². The second-order valence-corrected chi connectivity index (χ2v) is 7.67. The largest absolute Gasteiger partial charge is 0.349 e. The monoisotopic (exact) mass is 339 g/mol. The van der Waals surface area contributed by atoms with Crippen molar-refractivity contribution >= 4 is 16.8 Å². The van der Waals surface area contributed by atoms with Crippen LogP contribution in [0.5, 0.6) is 0 Å². The van der Waals surface area contributed by atoms with Crippen LogP contribution in [0.1, 0.15) is 55.9 Å². The van der Waals surface area contributed by atoms with Crippen LogP contribution in [0, 0.1) is 0 Å². The first-order valence-corrected chi connectivity index (χ1v) is 9.24. The summed E-state index contributed by atoms with van der Waals surface area (Å²) in [5, 5.41) is 7.61. The third-order valence-electron chi connectivity index (χ3n) is 5.51. The number of hydrogen-bond acceptors (Lipinski definition) is 3. The van der Waals surface area contributed by atoms with Crippen LogP contribution >= 0.6 is 0 Å². The highest BCUT2D eigenvalue weighted by Gasteiger charge is 2.34. The normalized spacial score (nSPS) is 25.5. The fraction of sp³-hybridized carbons (Fsp3) is 0.500. The van der Waals surface area contributed by atoms with Gasteiger partial charge < -0.3 is 15.2 Å². The number of fused-ring (bicyclic) bond motifs is 3. The zero-order chi connectivity index (χ0) is 17.6. The molecule has 5 nitrogen and oxygen atoms in total. The smallest absolute Gasteiger partial charge is 0.264 e. The number of carbonyl (C=O) groups excluding carboxylic acids is 1.